The van der Waals surface area contributed by atoms with Gasteiger partial charge in [-0.15, -0.1) is 13.2 Å². The molecule has 10 heteroatoms. The molecule has 28 heavy (non-hydrogen) atoms. The van der Waals surface area contributed by atoms with Crippen LogP contribution in [0.25, 0.3) is 0 Å². The lowest BCUT2D eigenvalue weighted by Crippen LogP contribution is -2.47. The molecular formula is C18H26F3N3O4. The predicted octanol–water partition coefficient (Wildman–Crippen LogP) is 2.76. The monoisotopic (exact) mass is 405 g/mol. The second-order valence-corrected chi connectivity index (χ2v) is 7.68. The number of hydrogen-bond donors (Lipinski definition) is 2. The number of carboxylic acids is 1. The standard InChI is InChI=1S/C18H26F3N3O4/c1-17(2,3)27-11-24-6-4-23(5-7-24)10-12-8-13(28-18(19,20)21)9-14(15(12)22)16(25)26/h8-9H,4-7,10-11,22H2,1-3H3,(H,25,26). The fourth-order valence-electron chi connectivity index (χ4n) is 2.79. The minimum Gasteiger partial charge on any atom is -0.478 e. The summed E-state index contributed by atoms with van der Waals surface area (Å²) in [5, 5.41) is 9.23. The molecule has 3 N–H and O–H groups in total. The Balaban J connectivity index is 2.06. The summed E-state index contributed by atoms with van der Waals surface area (Å²) in [4.78, 5) is 15.5. The van der Waals surface area contributed by atoms with Crippen LogP contribution in [0.5, 0.6) is 5.75 Å². The molecule has 0 aliphatic carbocycles. The fraction of sp³-hybridized carbons (Fsp3) is 0.611. The highest BCUT2D eigenvalue weighted by Gasteiger charge is 2.32. The number of aromatic carboxylic acids is 1. The van der Waals surface area contributed by atoms with Gasteiger partial charge in [0.15, 0.2) is 0 Å². The van der Waals surface area contributed by atoms with Crippen molar-refractivity contribution in [2.24, 2.45) is 0 Å². The number of carbonyl (C=O) groups is 1. The van der Waals surface area contributed by atoms with Crippen molar-refractivity contribution in [2.45, 2.75) is 39.3 Å². The van der Waals surface area contributed by atoms with Gasteiger partial charge in [0, 0.05) is 32.7 Å². The lowest BCUT2D eigenvalue weighted by atomic mass is 10.1. The van der Waals surface area contributed by atoms with Gasteiger partial charge in [0.05, 0.1) is 23.6 Å². The van der Waals surface area contributed by atoms with Crippen LogP contribution in [0.15, 0.2) is 12.1 Å². The number of piperazine rings is 1. The van der Waals surface area contributed by atoms with E-state index in [1.807, 2.05) is 25.7 Å². The molecule has 7 nitrogen and oxygen atoms in total. The number of alkyl halides is 3. The van der Waals surface area contributed by atoms with Gasteiger partial charge in [0.1, 0.15) is 5.75 Å². The smallest absolute Gasteiger partial charge is 0.478 e. The molecule has 0 radical (unpaired) electrons. The molecule has 0 aromatic heterocycles. The molecule has 1 saturated heterocycles. The summed E-state index contributed by atoms with van der Waals surface area (Å²) in [7, 11) is 0. The molecular weight excluding hydrogens is 379 g/mol. The Morgan fingerprint density at radius 3 is 2.21 bits per heavy atom. The molecule has 1 fully saturated rings. The van der Waals surface area contributed by atoms with E-state index >= 15 is 0 Å². The van der Waals surface area contributed by atoms with Gasteiger partial charge in [-0.2, -0.15) is 0 Å². The first-order valence-corrected chi connectivity index (χ1v) is 8.84. The van der Waals surface area contributed by atoms with Gasteiger partial charge in [0.25, 0.3) is 0 Å². The molecule has 0 saturated carbocycles. The molecule has 0 spiro atoms. The van der Waals surface area contributed by atoms with Gasteiger partial charge in [-0.05, 0) is 38.5 Å². The maximum absolute atomic E-state index is 12.5. The average Bonchev–Trinajstić information content (AvgIpc) is 2.54. The summed E-state index contributed by atoms with van der Waals surface area (Å²) in [5.41, 5.74) is 5.47. The number of anilines is 1. The second kappa shape index (κ2) is 8.54. The highest BCUT2D eigenvalue weighted by atomic mass is 19.4. The van der Waals surface area contributed by atoms with Gasteiger partial charge in [-0.1, -0.05) is 0 Å². The Kier molecular flexibility index (Phi) is 6.79. The number of rotatable bonds is 6. The predicted molar refractivity (Wildman–Crippen MR) is 97.1 cm³/mol. The van der Waals surface area contributed by atoms with Crippen LogP contribution in [0.3, 0.4) is 0 Å². The SMILES string of the molecule is CC(C)(C)OCN1CCN(Cc2cc(OC(F)(F)F)cc(C(=O)O)c2N)CC1. The zero-order valence-electron chi connectivity index (χ0n) is 16.2. The summed E-state index contributed by atoms with van der Waals surface area (Å²) in [6.45, 7) is 9.40. The summed E-state index contributed by atoms with van der Waals surface area (Å²) in [5.74, 6) is -2.00. The fourth-order valence-corrected chi connectivity index (χ4v) is 2.79. The van der Waals surface area contributed by atoms with Crippen molar-refractivity contribution < 1.29 is 32.5 Å². The van der Waals surface area contributed by atoms with Gasteiger partial charge < -0.3 is 20.3 Å². The maximum atomic E-state index is 12.5. The van der Waals surface area contributed by atoms with E-state index in [1.54, 1.807) is 0 Å². The first-order valence-electron chi connectivity index (χ1n) is 8.84. The first-order chi connectivity index (χ1) is 12.8. The number of nitrogens with two attached hydrogens (primary N) is 1. The lowest BCUT2D eigenvalue weighted by molar-refractivity contribution is -0.274. The molecule has 1 aliphatic heterocycles. The van der Waals surface area contributed by atoms with E-state index in [9.17, 15) is 23.1 Å². The van der Waals surface area contributed by atoms with E-state index in [-0.39, 0.29) is 17.8 Å². The quantitative estimate of drug-likeness (QED) is 0.704. The molecule has 0 unspecified atom stereocenters. The van der Waals surface area contributed by atoms with Crippen molar-refractivity contribution in [3.63, 3.8) is 0 Å². The van der Waals surface area contributed by atoms with Crippen LogP contribution in [0, 0.1) is 0 Å². The van der Waals surface area contributed by atoms with Crippen molar-refractivity contribution in [3.05, 3.63) is 23.3 Å². The summed E-state index contributed by atoms with van der Waals surface area (Å²) in [6.07, 6.45) is -4.91. The Bertz CT molecular complexity index is 697. The lowest BCUT2D eigenvalue weighted by Gasteiger charge is -2.36. The Hall–Kier alpha value is -2.04. The summed E-state index contributed by atoms with van der Waals surface area (Å²) < 4.78 is 47.2. The topological polar surface area (TPSA) is 88.3 Å². The highest BCUT2D eigenvalue weighted by molar-refractivity contribution is 5.95. The first kappa shape index (κ1) is 22.3. The molecule has 2 rings (SSSR count). The third-order valence-electron chi connectivity index (χ3n) is 4.24. The van der Waals surface area contributed by atoms with E-state index < -0.39 is 23.6 Å². The average molecular weight is 405 g/mol. The summed E-state index contributed by atoms with van der Waals surface area (Å²) >= 11 is 0. The second-order valence-electron chi connectivity index (χ2n) is 7.68. The third-order valence-corrected chi connectivity index (χ3v) is 4.24. The van der Waals surface area contributed by atoms with Crippen LogP contribution >= 0.6 is 0 Å². The molecule has 1 aromatic carbocycles. The zero-order valence-corrected chi connectivity index (χ0v) is 16.2. The number of ether oxygens (including phenoxy) is 2. The van der Waals surface area contributed by atoms with Crippen LogP contribution in [0.1, 0.15) is 36.7 Å². The van der Waals surface area contributed by atoms with E-state index in [0.717, 1.165) is 25.2 Å². The molecule has 158 valence electrons. The minimum absolute atomic E-state index is 0.0551. The van der Waals surface area contributed by atoms with Crippen LogP contribution in [0.4, 0.5) is 18.9 Å². The van der Waals surface area contributed by atoms with Gasteiger partial charge in [-0.25, -0.2) is 4.79 Å². The number of nitrogens with zero attached hydrogens (tertiary/aromatic N) is 2. The molecule has 1 heterocycles. The minimum atomic E-state index is -4.91. The van der Waals surface area contributed by atoms with E-state index in [4.69, 9.17) is 10.5 Å². The number of carboxylic acid groups (broad SMARTS) is 1. The largest absolute Gasteiger partial charge is 0.573 e. The zero-order chi connectivity index (χ0) is 21.1. The van der Waals surface area contributed by atoms with Crippen LogP contribution in [0.2, 0.25) is 0 Å². The van der Waals surface area contributed by atoms with E-state index in [2.05, 4.69) is 9.64 Å². The van der Waals surface area contributed by atoms with E-state index in [0.29, 0.717) is 25.4 Å². The van der Waals surface area contributed by atoms with Gasteiger partial charge >= 0.3 is 12.3 Å². The van der Waals surface area contributed by atoms with Gasteiger partial charge in [-0.3, -0.25) is 9.80 Å². The van der Waals surface area contributed by atoms with Crippen LogP contribution in [-0.4, -0.2) is 65.7 Å². The molecule has 0 atom stereocenters. The van der Waals surface area contributed by atoms with Crippen molar-refractivity contribution in [1.29, 1.82) is 0 Å². The van der Waals surface area contributed by atoms with Crippen molar-refractivity contribution in [1.82, 2.24) is 9.80 Å². The van der Waals surface area contributed by atoms with Crippen LogP contribution in [-0.2, 0) is 11.3 Å². The Morgan fingerprint density at radius 2 is 1.71 bits per heavy atom. The highest BCUT2D eigenvalue weighted by Crippen LogP contribution is 2.30. The Morgan fingerprint density at radius 1 is 1.14 bits per heavy atom. The third kappa shape index (κ3) is 6.84. The number of nitrogen functional groups attached to an aromatic ring is 1. The van der Waals surface area contributed by atoms with Crippen molar-refractivity contribution in [3.8, 4) is 5.75 Å². The van der Waals surface area contributed by atoms with Gasteiger partial charge in [0.2, 0.25) is 0 Å². The molecule has 1 aromatic rings. The van der Waals surface area contributed by atoms with Crippen molar-refractivity contribution >= 4 is 11.7 Å². The van der Waals surface area contributed by atoms with Crippen LogP contribution < -0.4 is 10.5 Å². The molecule has 0 bridgehead atoms. The normalized spacial score (nSPS) is 16.9. The molecule has 1 aliphatic rings. The van der Waals surface area contributed by atoms with E-state index in [1.165, 1.54) is 0 Å². The maximum Gasteiger partial charge on any atom is 0.573 e. The number of hydrogen-bond acceptors (Lipinski definition) is 6. The Labute approximate surface area is 161 Å². The molecule has 0 amide bonds. The number of halogens is 3. The summed E-state index contributed by atoms with van der Waals surface area (Å²) in [6, 6.07) is 1.93. The van der Waals surface area contributed by atoms with Crippen molar-refractivity contribution in [2.75, 3.05) is 38.6 Å². The number of benzene rings is 1.